The van der Waals surface area contributed by atoms with Gasteiger partial charge in [0, 0.05) is 4.88 Å². The molecule has 0 bridgehead atoms. The van der Waals surface area contributed by atoms with E-state index in [1.165, 1.54) is 27.1 Å². The molecule has 1 heterocycles. The molecule has 1 rings (SSSR count). The van der Waals surface area contributed by atoms with Crippen LogP contribution in [-0.2, 0) is 21.4 Å². The first-order chi connectivity index (χ1) is 10.5. The van der Waals surface area contributed by atoms with E-state index in [1.54, 1.807) is 6.07 Å². The fraction of sp³-hybridized carbons (Fsp3) is 0.583. The number of halogens is 3. The van der Waals surface area contributed by atoms with Crippen molar-refractivity contribution in [2.75, 3.05) is 20.6 Å². The molecule has 11 heteroatoms. The standard InChI is InChI=1S/C12H18F3N3O3S2/c1-8(18(3)7-12(13,14)15)11(19)17-6-9-4-5-10(22-9)23(20,21)16-2/h4-5,8,16H,6-7H2,1-3H3,(H,17,19)/t8-/m1/s1. The lowest BCUT2D eigenvalue weighted by atomic mass is 10.2. The maximum atomic E-state index is 12.3. The largest absolute Gasteiger partial charge is 0.401 e. The van der Waals surface area contributed by atoms with Gasteiger partial charge in [-0.05, 0) is 33.2 Å². The molecular weight excluding hydrogens is 355 g/mol. The van der Waals surface area contributed by atoms with Gasteiger partial charge in [-0.25, -0.2) is 13.1 Å². The van der Waals surface area contributed by atoms with Crippen molar-refractivity contribution in [1.82, 2.24) is 14.9 Å². The van der Waals surface area contributed by atoms with E-state index in [4.69, 9.17) is 0 Å². The zero-order valence-corrected chi connectivity index (χ0v) is 14.4. The minimum absolute atomic E-state index is 0.0485. The number of sulfonamides is 1. The molecule has 0 fully saturated rings. The summed E-state index contributed by atoms with van der Waals surface area (Å²) < 4.78 is 62.3. The SMILES string of the molecule is CNS(=O)(=O)c1ccc(CNC(=O)[C@@H](C)N(C)CC(F)(F)F)s1. The minimum atomic E-state index is -4.38. The molecule has 0 spiro atoms. The minimum Gasteiger partial charge on any atom is -0.350 e. The van der Waals surface area contributed by atoms with Crippen molar-refractivity contribution < 1.29 is 26.4 Å². The molecule has 0 aliphatic heterocycles. The fourth-order valence-corrected chi connectivity index (χ4v) is 3.77. The van der Waals surface area contributed by atoms with Crippen molar-refractivity contribution in [3.05, 3.63) is 17.0 Å². The third kappa shape index (κ3) is 6.09. The van der Waals surface area contributed by atoms with Gasteiger partial charge in [-0.1, -0.05) is 0 Å². The number of hydrogen-bond donors (Lipinski definition) is 2. The van der Waals surface area contributed by atoms with Crippen LogP contribution in [0.15, 0.2) is 16.3 Å². The first kappa shape index (κ1) is 19.9. The summed E-state index contributed by atoms with van der Waals surface area (Å²) >= 11 is 0.978. The molecule has 132 valence electrons. The lowest BCUT2D eigenvalue weighted by molar-refractivity contribution is -0.151. The molecule has 23 heavy (non-hydrogen) atoms. The highest BCUT2D eigenvalue weighted by atomic mass is 32.2. The van der Waals surface area contributed by atoms with Gasteiger partial charge in [0.2, 0.25) is 15.9 Å². The average Bonchev–Trinajstić information content (AvgIpc) is 2.91. The summed E-state index contributed by atoms with van der Waals surface area (Å²) in [5, 5.41) is 2.50. The van der Waals surface area contributed by atoms with Crippen molar-refractivity contribution in [3.63, 3.8) is 0 Å². The Morgan fingerprint density at radius 2 is 2.00 bits per heavy atom. The van der Waals surface area contributed by atoms with Crippen LogP contribution in [0, 0.1) is 0 Å². The summed E-state index contributed by atoms with van der Waals surface area (Å²) in [6, 6.07) is 1.98. The summed E-state index contributed by atoms with van der Waals surface area (Å²) in [6.45, 7) is 0.227. The number of thiophene rings is 1. The van der Waals surface area contributed by atoms with E-state index in [-0.39, 0.29) is 10.8 Å². The Bertz CT molecular complexity index is 643. The number of rotatable bonds is 7. The highest BCUT2D eigenvalue weighted by molar-refractivity contribution is 7.91. The van der Waals surface area contributed by atoms with Gasteiger partial charge in [0.05, 0.1) is 19.1 Å². The molecule has 1 aromatic heterocycles. The van der Waals surface area contributed by atoms with E-state index in [0.717, 1.165) is 16.2 Å². The Labute approximate surface area is 136 Å². The second kappa shape index (κ2) is 7.60. The van der Waals surface area contributed by atoms with Crippen LogP contribution in [0.3, 0.4) is 0 Å². The molecule has 0 unspecified atom stereocenters. The average molecular weight is 373 g/mol. The summed E-state index contributed by atoms with van der Waals surface area (Å²) in [5.41, 5.74) is 0. The van der Waals surface area contributed by atoms with Gasteiger partial charge in [0.1, 0.15) is 4.21 Å². The first-order valence-electron chi connectivity index (χ1n) is 6.53. The summed E-state index contributed by atoms with van der Waals surface area (Å²) in [6.07, 6.45) is -4.38. The van der Waals surface area contributed by atoms with Crippen LogP contribution in [0.5, 0.6) is 0 Å². The lowest BCUT2D eigenvalue weighted by Gasteiger charge is -2.24. The molecule has 2 N–H and O–H groups in total. The zero-order chi connectivity index (χ0) is 17.8. The summed E-state index contributed by atoms with van der Waals surface area (Å²) in [5.74, 6) is -0.567. The summed E-state index contributed by atoms with van der Waals surface area (Å²) in [4.78, 5) is 13.3. The fourth-order valence-electron chi connectivity index (χ4n) is 1.64. The van der Waals surface area contributed by atoms with Crippen LogP contribution in [0.2, 0.25) is 0 Å². The lowest BCUT2D eigenvalue weighted by Crippen LogP contribution is -2.46. The number of amides is 1. The number of likely N-dealkylation sites (N-methyl/N-ethyl adjacent to an activating group) is 1. The normalized spacial score (nSPS) is 14.0. The maximum Gasteiger partial charge on any atom is 0.401 e. The smallest absolute Gasteiger partial charge is 0.350 e. The highest BCUT2D eigenvalue weighted by Crippen LogP contribution is 2.21. The molecule has 6 nitrogen and oxygen atoms in total. The second-order valence-electron chi connectivity index (χ2n) is 4.85. The monoisotopic (exact) mass is 373 g/mol. The summed E-state index contributed by atoms with van der Waals surface area (Å²) in [7, 11) is -1.05. The number of hydrogen-bond acceptors (Lipinski definition) is 5. The van der Waals surface area contributed by atoms with E-state index in [9.17, 15) is 26.4 Å². The number of carbonyl (C=O) groups excluding carboxylic acids is 1. The molecule has 0 saturated heterocycles. The van der Waals surface area contributed by atoms with Crippen LogP contribution in [-0.4, -0.2) is 52.1 Å². The molecule has 1 amide bonds. The Balaban J connectivity index is 2.60. The van der Waals surface area contributed by atoms with Crippen LogP contribution in [0.1, 0.15) is 11.8 Å². The van der Waals surface area contributed by atoms with Crippen molar-refractivity contribution >= 4 is 27.3 Å². The van der Waals surface area contributed by atoms with Gasteiger partial charge in [-0.3, -0.25) is 9.69 Å². The molecule has 1 atom stereocenters. The third-order valence-electron chi connectivity index (χ3n) is 3.08. The van der Waals surface area contributed by atoms with Crippen molar-refractivity contribution in [2.45, 2.75) is 29.9 Å². The van der Waals surface area contributed by atoms with E-state index in [1.807, 2.05) is 0 Å². The number of nitrogens with one attached hydrogen (secondary N) is 2. The van der Waals surface area contributed by atoms with Crippen LogP contribution < -0.4 is 10.0 Å². The Hall–Kier alpha value is -1.17. The van der Waals surface area contributed by atoms with E-state index in [0.29, 0.717) is 4.88 Å². The van der Waals surface area contributed by atoms with Crippen LogP contribution in [0.4, 0.5) is 13.2 Å². The first-order valence-corrected chi connectivity index (χ1v) is 8.83. The van der Waals surface area contributed by atoms with Crippen LogP contribution in [0.25, 0.3) is 0 Å². The molecule has 0 aliphatic rings. The van der Waals surface area contributed by atoms with E-state index in [2.05, 4.69) is 10.0 Å². The molecule has 0 saturated carbocycles. The van der Waals surface area contributed by atoms with Gasteiger partial charge in [0.15, 0.2) is 0 Å². The van der Waals surface area contributed by atoms with Gasteiger partial charge < -0.3 is 5.32 Å². The Kier molecular flexibility index (Phi) is 6.57. The topological polar surface area (TPSA) is 78.5 Å². The zero-order valence-electron chi connectivity index (χ0n) is 12.8. The number of nitrogens with zero attached hydrogens (tertiary/aromatic N) is 1. The van der Waals surface area contributed by atoms with Crippen molar-refractivity contribution in [3.8, 4) is 0 Å². The molecule has 0 aromatic carbocycles. The predicted molar refractivity (Wildman–Crippen MR) is 80.6 cm³/mol. The van der Waals surface area contributed by atoms with Gasteiger partial charge >= 0.3 is 6.18 Å². The van der Waals surface area contributed by atoms with Crippen LogP contribution >= 0.6 is 11.3 Å². The van der Waals surface area contributed by atoms with E-state index >= 15 is 0 Å². The predicted octanol–water partition coefficient (Wildman–Crippen LogP) is 1.15. The molecule has 0 aliphatic carbocycles. The molecule has 1 aromatic rings. The van der Waals surface area contributed by atoms with Crippen molar-refractivity contribution in [1.29, 1.82) is 0 Å². The molecule has 0 radical (unpaired) electrons. The number of carbonyl (C=O) groups is 1. The van der Waals surface area contributed by atoms with Gasteiger partial charge in [-0.15, -0.1) is 11.3 Å². The quantitative estimate of drug-likeness (QED) is 0.752. The Morgan fingerprint density at radius 1 is 1.39 bits per heavy atom. The number of alkyl halides is 3. The van der Waals surface area contributed by atoms with E-state index < -0.39 is 34.7 Å². The van der Waals surface area contributed by atoms with Gasteiger partial charge in [0.25, 0.3) is 0 Å². The second-order valence-corrected chi connectivity index (χ2v) is 8.13. The maximum absolute atomic E-state index is 12.3. The van der Waals surface area contributed by atoms with Crippen molar-refractivity contribution in [2.24, 2.45) is 0 Å². The third-order valence-corrected chi connectivity index (χ3v) is 6.07. The van der Waals surface area contributed by atoms with Gasteiger partial charge in [-0.2, -0.15) is 13.2 Å². The highest BCUT2D eigenvalue weighted by Gasteiger charge is 2.32. The molecular formula is C12H18F3N3O3S2. The Morgan fingerprint density at radius 3 is 2.52 bits per heavy atom.